The molecule has 1 atom stereocenters. The van der Waals surface area contributed by atoms with Crippen LogP contribution in [0.25, 0.3) is 0 Å². The predicted octanol–water partition coefficient (Wildman–Crippen LogP) is 1.44. The Morgan fingerprint density at radius 1 is 1.34 bits per heavy atom. The van der Waals surface area contributed by atoms with Crippen LogP contribution in [0.2, 0.25) is 0 Å². The Kier molecular flexibility index (Phi) is 3.97. The van der Waals surface area contributed by atoms with Gasteiger partial charge >= 0.3 is 0 Å². The molecule has 1 aliphatic carbocycles. The number of benzene rings is 1. The van der Waals surface area contributed by atoms with Crippen LogP contribution in [0.4, 0.5) is 5.69 Å². The van der Waals surface area contributed by atoms with Crippen LogP contribution in [0.3, 0.4) is 0 Å². The fourth-order valence-electron chi connectivity index (χ4n) is 4.61. The molecule has 1 aromatic carbocycles. The Morgan fingerprint density at radius 2 is 2.17 bits per heavy atom. The number of anilines is 1. The minimum atomic E-state index is -0.0667. The average molecular weight is 394 g/mol. The van der Waals surface area contributed by atoms with Crippen LogP contribution < -0.4 is 10.6 Å². The number of hydrogen-bond acceptors (Lipinski definition) is 5. The van der Waals surface area contributed by atoms with Crippen molar-refractivity contribution in [2.24, 2.45) is 5.41 Å². The van der Waals surface area contributed by atoms with Crippen LogP contribution in [0.5, 0.6) is 0 Å². The van der Waals surface area contributed by atoms with Gasteiger partial charge in [-0.3, -0.25) is 14.4 Å². The minimum Gasteiger partial charge on any atom is -0.361 e. The van der Waals surface area contributed by atoms with E-state index < -0.39 is 0 Å². The summed E-state index contributed by atoms with van der Waals surface area (Å²) < 4.78 is 5.00. The van der Waals surface area contributed by atoms with Crippen molar-refractivity contribution >= 4 is 23.4 Å². The van der Waals surface area contributed by atoms with E-state index in [1.165, 1.54) is 0 Å². The molecule has 1 unspecified atom stereocenters. The van der Waals surface area contributed by atoms with Gasteiger partial charge < -0.3 is 20.1 Å². The molecule has 2 fully saturated rings. The zero-order valence-corrected chi connectivity index (χ0v) is 16.2. The molecule has 8 heteroatoms. The summed E-state index contributed by atoms with van der Waals surface area (Å²) in [6.45, 7) is 3.09. The number of carbonyl (C=O) groups excluding carboxylic acids is 3. The summed E-state index contributed by atoms with van der Waals surface area (Å²) in [5.74, 6) is 0.560. The molecule has 1 saturated carbocycles. The molecule has 1 aromatic heterocycles. The highest BCUT2D eigenvalue weighted by molar-refractivity contribution is 6.01. The quantitative estimate of drug-likeness (QED) is 0.817. The van der Waals surface area contributed by atoms with E-state index in [1.807, 2.05) is 4.90 Å². The van der Waals surface area contributed by atoms with Gasteiger partial charge in [0.15, 0.2) is 0 Å². The van der Waals surface area contributed by atoms with Gasteiger partial charge in [0.1, 0.15) is 5.76 Å². The number of aryl methyl sites for hydroxylation is 1. The van der Waals surface area contributed by atoms with E-state index in [1.54, 1.807) is 31.2 Å². The van der Waals surface area contributed by atoms with Crippen LogP contribution in [-0.2, 0) is 22.4 Å². The van der Waals surface area contributed by atoms with Crippen molar-refractivity contribution in [3.05, 3.63) is 46.8 Å². The molecule has 8 nitrogen and oxygen atoms in total. The molecule has 150 valence electrons. The van der Waals surface area contributed by atoms with Gasteiger partial charge in [0, 0.05) is 41.9 Å². The number of carbonyl (C=O) groups is 3. The van der Waals surface area contributed by atoms with Crippen molar-refractivity contribution in [3.63, 3.8) is 0 Å². The third-order valence-electron chi connectivity index (χ3n) is 6.30. The van der Waals surface area contributed by atoms with Crippen molar-refractivity contribution in [2.75, 3.05) is 18.4 Å². The number of rotatable bonds is 4. The number of nitrogens with one attached hydrogen (secondary N) is 2. The summed E-state index contributed by atoms with van der Waals surface area (Å²) in [6, 6.07) is 7.22. The molecular formula is C21H22N4O4. The van der Waals surface area contributed by atoms with E-state index in [2.05, 4.69) is 15.8 Å². The number of nitrogens with zero attached hydrogens (tertiary/aromatic N) is 2. The first kappa shape index (κ1) is 17.9. The second kappa shape index (κ2) is 6.43. The zero-order valence-electron chi connectivity index (χ0n) is 16.2. The van der Waals surface area contributed by atoms with E-state index in [-0.39, 0.29) is 35.6 Å². The van der Waals surface area contributed by atoms with Crippen LogP contribution >= 0.6 is 0 Å². The van der Waals surface area contributed by atoms with Gasteiger partial charge in [-0.1, -0.05) is 5.16 Å². The number of fused-ring (bicyclic) bond motifs is 1. The summed E-state index contributed by atoms with van der Waals surface area (Å²) in [5.41, 5.74) is 2.88. The molecule has 2 N–H and O–H groups in total. The van der Waals surface area contributed by atoms with Crippen LogP contribution in [0.15, 0.2) is 28.8 Å². The highest BCUT2D eigenvalue weighted by Crippen LogP contribution is 2.48. The molecule has 3 aliphatic rings. The topological polar surface area (TPSA) is 105 Å². The van der Waals surface area contributed by atoms with Crippen LogP contribution in [-0.4, -0.2) is 46.9 Å². The second-order valence-corrected chi connectivity index (χ2v) is 8.38. The van der Waals surface area contributed by atoms with Gasteiger partial charge in [-0.15, -0.1) is 0 Å². The Hall–Kier alpha value is -3.16. The third-order valence-corrected chi connectivity index (χ3v) is 6.30. The van der Waals surface area contributed by atoms with E-state index in [0.717, 1.165) is 24.1 Å². The van der Waals surface area contributed by atoms with E-state index >= 15 is 0 Å². The number of aromatic nitrogens is 1. The summed E-state index contributed by atoms with van der Waals surface area (Å²) >= 11 is 0. The first-order valence-corrected chi connectivity index (χ1v) is 9.85. The van der Waals surface area contributed by atoms with Crippen LogP contribution in [0, 0.1) is 12.3 Å². The molecule has 2 aliphatic heterocycles. The maximum Gasteiger partial charge on any atom is 0.253 e. The Balaban J connectivity index is 1.18. The van der Waals surface area contributed by atoms with Crippen molar-refractivity contribution in [1.29, 1.82) is 0 Å². The molecular weight excluding hydrogens is 372 g/mol. The molecule has 0 bridgehead atoms. The molecule has 2 aromatic rings. The molecule has 3 amide bonds. The maximum absolute atomic E-state index is 12.8. The minimum absolute atomic E-state index is 0.0146. The third kappa shape index (κ3) is 3.08. The largest absolute Gasteiger partial charge is 0.361 e. The normalized spacial score (nSPS) is 21.2. The summed E-state index contributed by atoms with van der Waals surface area (Å²) in [4.78, 5) is 38.5. The van der Waals surface area contributed by atoms with Gasteiger partial charge in [-0.2, -0.15) is 0 Å². The lowest BCUT2D eigenvalue weighted by atomic mass is 9.59. The lowest BCUT2D eigenvalue weighted by Gasteiger charge is -2.60. The van der Waals surface area contributed by atoms with Crippen molar-refractivity contribution in [3.8, 4) is 0 Å². The number of amides is 3. The first-order valence-electron chi connectivity index (χ1n) is 9.85. The Bertz CT molecular complexity index is 1020. The average Bonchev–Trinajstić information content (AvgIpc) is 3.21. The first-order chi connectivity index (χ1) is 13.9. The zero-order chi connectivity index (χ0) is 20.2. The number of likely N-dealkylation sites (tertiary alicyclic amines) is 1. The van der Waals surface area contributed by atoms with E-state index in [9.17, 15) is 14.4 Å². The summed E-state index contributed by atoms with van der Waals surface area (Å²) in [6.07, 6.45) is 2.46. The van der Waals surface area contributed by atoms with Gasteiger partial charge in [0.25, 0.3) is 5.91 Å². The fraction of sp³-hybridized carbons (Fsp3) is 0.429. The SMILES string of the molecule is Cc1cc(CC(=O)NC2CCC23CN(C(=O)c2ccc4c(c2)CC(=O)N4)C3)no1. The fourth-order valence-corrected chi connectivity index (χ4v) is 4.61. The van der Waals surface area contributed by atoms with Crippen molar-refractivity contribution < 1.29 is 18.9 Å². The molecule has 1 saturated heterocycles. The van der Waals surface area contributed by atoms with Crippen molar-refractivity contribution in [1.82, 2.24) is 15.4 Å². The van der Waals surface area contributed by atoms with Gasteiger partial charge in [-0.05, 0) is 43.5 Å². The molecule has 3 heterocycles. The highest BCUT2D eigenvalue weighted by atomic mass is 16.5. The maximum atomic E-state index is 12.8. The van der Waals surface area contributed by atoms with Crippen LogP contribution in [0.1, 0.15) is 40.2 Å². The monoisotopic (exact) mass is 394 g/mol. The summed E-state index contributed by atoms with van der Waals surface area (Å²) in [7, 11) is 0. The van der Waals surface area contributed by atoms with Gasteiger partial charge in [0.05, 0.1) is 18.5 Å². The van der Waals surface area contributed by atoms with Gasteiger partial charge in [-0.25, -0.2) is 0 Å². The van der Waals surface area contributed by atoms with E-state index in [4.69, 9.17) is 4.52 Å². The lowest BCUT2D eigenvalue weighted by molar-refractivity contribution is -0.128. The number of hydrogen-bond donors (Lipinski definition) is 2. The smallest absolute Gasteiger partial charge is 0.253 e. The molecule has 1 spiro atoms. The highest BCUT2D eigenvalue weighted by Gasteiger charge is 2.56. The molecule has 0 radical (unpaired) electrons. The second-order valence-electron chi connectivity index (χ2n) is 8.38. The Morgan fingerprint density at radius 3 is 2.86 bits per heavy atom. The standard InChI is InChI=1S/C21H22N4O4/c1-12-6-15(24-29-12)9-19(27)23-17-4-5-21(17)10-25(11-21)20(28)13-2-3-16-14(7-13)8-18(26)22-16/h2-3,6-7,17H,4-5,8-11H2,1H3,(H,22,26)(H,23,27). The van der Waals surface area contributed by atoms with E-state index in [0.29, 0.717) is 36.5 Å². The molecule has 5 rings (SSSR count). The molecule has 29 heavy (non-hydrogen) atoms. The predicted molar refractivity (Wildman–Crippen MR) is 103 cm³/mol. The summed E-state index contributed by atoms with van der Waals surface area (Å²) in [5, 5.41) is 9.74. The Labute approximate surface area is 167 Å². The van der Waals surface area contributed by atoms with Gasteiger partial charge in [0.2, 0.25) is 11.8 Å². The van der Waals surface area contributed by atoms with Crippen molar-refractivity contribution in [2.45, 2.75) is 38.6 Å². The lowest BCUT2D eigenvalue weighted by Crippen LogP contribution is -2.71.